The summed E-state index contributed by atoms with van der Waals surface area (Å²) in [6, 6.07) is 12.2. The molecule has 0 aliphatic heterocycles. The number of nitrogens with one attached hydrogen (secondary N) is 1. The third-order valence-corrected chi connectivity index (χ3v) is 8.74. The highest BCUT2D eigenvalue weighted by atomic mass is 32.2. The minimum absolute atomic E-state index is 0.0162. The second kappa shape index (κ2) is 9.72. The lowest BCUT2D eigenvalue weighted by atomic mass is 10.2. The Morgan fingerprint density at radius 2 is 1.60 bits per heavy atom. The number of carbonyl (C=O) groups is 1. The summed E-state index contributed by atoms with van der Waals surface area (Å²) in [5.74, 6) is -0.528. The van der Waals surface area contributed by atoms with Crippen LogP contribution in [0.25, 0.3) is 0 Å². The Balaban J connectivity index is 2.15. The molecule has 0 unspecified atom stereocenters. The van der Waals surface area contributed by atoms with Crippen molar-refractivity contribution in [2.24, 2.45) is 0 Å². The van der Waals surface area contributed by atoms with Gasteiger partial charge in [0, 0.05) is 19.6 Å². The van der Waals surface area contributed by atoms with E-state index in [2.05, 4.69) is 5.32 Å². The molecule has 0 heterocycles. The topological polar surface area (TPSA) is 101 Å². The first-order chi connectivity index (χ1) is 14.0. The molecule has 0 bridgehead atoms. The SMILES string of the molecule is CCCS(=O)(=O)c1ccccc1C(=O)NCc1ccc(S(=O)(=O)N(C)C(C)C)cc1. The Bertz CT molecular complexity index is 1090. The van der Waals surface area contributed by atoms with Gasteiger partial charge in [0.25, 0.3) is 5.91 Å². The lowest BCUT2D eigenvalue weighted by Gasteiger charge is -2.21. The van der Waals surface area contributed by atoms with Crippen molar-refractivity contribution in [1.82, 2.24) is 9.62 Å². The third-order valence-electron chi connectivity index (χ3n) is 4.72. The standard InChI is InChI=1S/C21H28N2O5S2/c1-5-14-29(25,26)20-9-7-6-8-19(20)21(24)22-15-17-10-12-18(13-11-17)30(27,28)23(4)16(2)3/h6-13,16H,5,14-15H2,1-4H3,(H,22,24). The summed E-state index contributed by atoms with van der Waals surface area (Å²) in [7, 11) is -5.59. The molecule has 2 aromatic rings. The van der Waals surface area contributed by atoms with E-state index in [4.69, 9.17) is 0 Å². The molecule has 0 fully saturated rings. The summed E-state index contributed by atoms with van der Waals surface area (Å²) in [4.78, 5) is 12.8. The Morgan fingerprint density at radius 3 is 2.17 bits per heavy atom. The van der Waals surface area contributed by atoms with Gasteiger partial charge in [0.2, 0.25) is 10.0 Å². The summed E-state index contributed by atoms with van der Waals surface area (Å²) >= 11 is 0. The zero-order valence-electron chi connectivity index (χ0n) is 17.6. The molecule has 2 rings (SSSR count). The van der Waals surface area contributed by atoms with Gasteiger partial charge in [-0.2, -0.15) is 4.31 Å². The summed E-state index contributed by atoms with van der Waals surface area (Å²) in [6.07, 6.45) is 0.458. The van der Waals surface area contributed by atoms with Gasteiger partial charge in [0.05, 0.1) is 21.1 Å². The fourth-order valence-corrected chi connectivity index (χ4v) is 5.71. The van der Waals surface area contributed by atoms with Crippen LogP contribution in [0.1, 0.15) is 43.1 Å². The highest BCUT2D eigenvalue weighted by Crippen LogP contribution is 2.19. The molecular formula is C21H28N2O5S2. The number of sulfonamides is 1. The van der Waals surface area contributed by atoms with Gasteiger partial charge in [0.15, 0.2) is 9.84 Å². The van der Waals surface area contributed by atoms with Crippen LogP contribution in [0.3, 0.4) is 0 Å². The van der Waals surface area contributed by atoms with Crippen molar-refractivity contribution in [2.45, 2.75) is 49.6 Å². The van der Waals surface area contributed by atoms with E-state index in [0.29, 0.717) is 12.0 Å². The highest BCUT2D eigenvalue weighted by Gasteiger charge is 2.23. The average molecular weight is 453 g/mol. The normalized spacial score (nSPS) is 12.3. The quantitative estimate of drug-likeness (QED) is 0.631. The summed E-state index contributed by atoms with van der Waals surface area (Å²) in [5, 5.41) is 2.71. The van der Waals surface area contributed by atoms with Crippen molar-refractivity contribution in [3.8, 4) is 0 Å². The van der Waals surface area contributed by atoms with Crippen LogP contribution in [0.2, 0.25) is 0 Å². The monoisotopic (exact) mass is 452 g/mol. The van der Waals surface area contributed by atoms with Gasteiger partial charge in [-0.3, -0.25) is 4.79 Å². The number of rotatable bonds is 9. The van der Waals surface area contributed by atoms with Crippen molar-refractivity contribution >= 4 is 25.8 Å². The number of carbonyl (C=O) groups excluding carboxylic acids is 1. The van der Waals surface area contributed by atoms with E-state index >= 15 is 0 Å². The lowest BCUT2D eigenvalue weighted by Crippen LogP contribution is -2.33. The number of sulfone groups is 1. The smallest absolute Gasteiger partial charge is 0.252 e. The molecule has 0 atom stereocenters. The van der Waals surface area contributed by atoms with Crippen molar-refractivity contribution in [3.63, 3.8) is 0 Å². The van der Waals surface area contributed by atoms with E-state index in [9.17, 15) is 21.6 Å². The molecule has 1 amide bonds. The van der Waals surface area contributed by atoms with Gasteiger partial charge in [-0.15, -0.1) is 0 Å². The Labute approximate surface area is 179 Å². The molecule has 0 radical (unpaired) electrons. The van der Waals surface area contributed by atoms with Crippen LogP contribution < -0.4 is 5.32 Å². The number of hydrogen-bond donors (Lipinski definition) is 1. The Hall–Kier alpha value is -2.23. The fraction of sp³-hybridized carbons (Fsp3) is 0.381. The van der Waals surface area contributed by atoms with Crippen molar-refractivity contribution in [3.05, 3.63) is 59.7 Å². The Morgan fingerprint density at radius 1 is 1.00 bits per heavy atom. The van der Waals surface area contributed by atoms with Gasteiger partial charge in [-0.25, -0.2) is 16.8 Å². The second-order valence-corrected chi connectivity index (χ2v) is 11.3. The molecule has 0 spiro atoms. The first-order valence-electron chi connectivity index (χ1n) is 9.67. The first kappa shape index (κ1) is 24.0. The molecule has 9 heteroatoms. The summed E-state index contributed by atoms with van der Waals surface area (Å²) in [5.41, 5.74) is 0.798. The zero-order chi connectivity index (χ0) is 22.5. The lowest BCUT2D eigenvalue weighted by molar-refractivity contribution is 0.0947. The maximum Gasteiger partial charge on any atom is 0.252 e. The molecule has 164 valence electrons. The molecule has 7 nitrogen and oxygen atoms in total. The van der Waals surface area contributed by atoms with Gasteiger partial charge in [0.1, 0.15) is 0 Å². The van der Waals surface area contributed by atoms with Crippen molar-refractivity contribution in [2.75, 3.05) is 12.8 Å². The van der Waals surface area contributed by atoms with Gasteiger partial charge >= 0.3 is 0 Å². The predicted octanol–water partition coefficient (Wildman–Crippen LogP) is 2.83. The van der Waals surface area contributed by atoms with Crippen LogP contribution in [0.4, 0.5) is 0 Å². The van der Waals surface area contributed by atoms with E-state index in [1.165, 1.54) is 35.6 Å². The minimum Gasteiger partial charge on any atom is -0.348 e. The van der Waals surface area contributed by atoms with Crippen LogP contribution in [0.15, 0.2) is 58.3 Å². The largest absolute Gasteiger partial charge is 0.348 e. The summed E-state index contributed by atoms with van der Waals surface area (Å²) < 4.78 is 51.2. The molecule has 0 saturated carbocycles. The number of hydrogen-bond acceptors (Lipinski definition) is 5. The molecule has 0 aromatic heterocycles. The first-order valence-corrected chi connectivity index (χ1v) is 12.8. The van der Waals surface area contributed by atoms with E-state index < -0.39 is 25.8 Å². The second-order valence-electron chi connectivity index (χ2n) is 7.26. The van der Waals surface area contributed by atoms with E-state index in [1.54, 1.807) is 45.0 Å². The highest BCUT2D eigenvalue weighted by molar-refractivity contribution is 7.91. The molecule has 2 aromatic carbocycles. The van der Waals surface area contributed by atoms with Crippen LogP contribution in [-0.4, -0.2) is 45.9 Å². The molecule has 1 N–H and O–H groups in total. The maximum absolute atomic E-state index is 12.6. The van der Waals surface area contributed by atoms with Crippen LogP contribution in [-0.2, 0) is 26.4 Å². The van der Waals surface area contributed by atoms with Crippen molar-refractivity contribution < 1.29 is 21.6 Å². The maximum atomic E-state index is 12.6. The van der Waals surface area contributed by atoms with E-state index in [1.807, 2.05) is 0 Å². The number of nitrogens with zero attached hydrogens (tertiary/aromatic N) is 1. The summed E-state index contributed by atoms with van der Waals surface area (Å²) in [6.45, 7) is 5.49. The number of amides is 1. The van der Waals surface area contributed by atoms with Gasteiger partial charge in [-0.1, -0.05) is 31.2 Å². The number of benzene rings is 2. The average Bonchev–Trinajstić information content (AvgIpc) is 2.71. The van der Waals surface area contributed by atoms with E-state index in [-0.39, 0.29) is 33.7 Å². The third kappa shape index (κ3) is 5.47. The minimum atomic E-state index is -3.58. The molecule has 0 aliphatic rings. The van der Waals surface area contributed by atoms with Gasteiger partial charge < -0.3 is 5.32 Å². The molecular weight excluding hydrogens is 424 g/mol. The van der Waals surface area contributed by atoms with Crippen LogP contribution >= 0.6 is 0 Å². The van der Waals surface area contributed by atoms with E-state index in [0.717, 1.165) is 0 Å². The molecule has 0 aliphatic carbocycles. The molecule has 0 saturated heterocycles. The predicted molar refractivity (Wildman–Crippen MR) is 116 cm³/mol. The zero-order valence-corrected chi connectivity index (χ0v) is 19.3. The van der Waals surface area contributed by atoms with Crippen molar-refractivity contribution in [1.29, 1.82) is 0 Å². The fourth-order valence-electron chi connectivity index (χ4n) is 2.80. The van der Waals surface area contributed by atoms with Gasteiger partial charge in [-0.05, 0) is 50.1 Å². The van der Waals surface area contributed by atoms with Crippen LogP contribution in [0, 0.1) is 0 Å². The van der Waals surface area contributed by atoms with Crippen LogP contribution in [0.5, 0.6) is 0 Å². The Kier molecular flexibility index (Phi) is 7.79. The molecule has 30 heavy (non-hydrogen) atoms.